The molecule has 2 aromatic heterocycles. The normalized spacial score (nSPS) is 11.7. The van der Waals surface area contributed by atoms with E-state index < -0.39 is 11.7 Å². The fourth-order valence-electron chi connectivity index (χ4n) is 3.09. The van der Waals surface area contributed by atoms with Crippen molar-refractivity contribution in [1.82, 2.24) is 4.57 Å². The summed E-state index contributed by atoms with van der Waals surface area (Å²) in [6.07, 6.45) is -3.93. The summed E-state index contributed by atoms with van der Waals surface area (Å²) in [6.45, 7) is 0. The minimum absolute atomic E-state index is 0.333. The van der Waals surface area contributed by atoms with E-state index in [1.54, 1.807) is 16.7 Å². The molecule has 7 heteroatoms. The van der Waals surface area contributed by atoms with Gasteiger partial charge in [0.25, 0.3) is 0 Å². The Morgan fingerprint density at radius 1 is 1.00 bits per heavy atom. The number of aromatic nitrogens is 1. The highest BCUT2D eigenvalue weighted by Gasteiger charge is 2.31. The molecule has 0 aliphatic heterocycles. The van der Waals surface area contributed by atoms with Crippen LogP contribution in [0.25, 0.3) is 27.0 Å². The van der Waals surface area contributed by atoms with Crippen LogP contribution in [0.2, 0.25) is 0 Å². The van der Waals surface area contributed by atoms with E-state index in [0.29, 0.717) is 17.9 Å². The number of hydrogen-bond acceptors (Lipinski definition) is 2. The van der Waals surface area contributed by atoms with Crippen molar-refractivity contribution >= 4 is 33.8 Å². The highest BCUT2D eigenvalue weighted by atomic mass is 32.1. The van der Waals surface area contributed by atoms with Crippen molar-refractivity contribution in [3.8, 4) is 16.8 Å². The SMILES string of the molecule is O=CNc1cc2scc(-c3ccccc3)c2n1-c1cccc(C(F)(F)F)c1. The maximum absolute atomic E-state index is 13.2. The third-order valence-corrected chi connectivity index (χ3v) is 5.17. The largest absolute Gasteiger partial charge is 0.416 e. The molecule has 0 radical (unpaired) electrons. The third-order valence-electron chi connectivity index (χ3n) is 4.25. The highest BCUT2D eigenvalue weighted by Crippen LogP contribution is 2.40. The van der Waals surface area contributed by atoms with Crippen LogP contribution in [0.5, 0.6) is 0 Å². The van der Waals surface area contributed by atoms with Crippen molar-refractivity contribution in [3.63, 3.8) is 0 Å². The van der Waals surface area contributed by atoms with Gasteiger partial charge in [-0.25, -0.2) is 0 Å². The Morgan fingerprint density at radius 2 is 1.78 bits per heavy atom. The van der Waals surface area contributed by atoms with E-state index in [0.717, 1.165) is 33.5 Å². The van der Waals surface area contributed by atoms with Crippen LogP contribution in [-0.2, 0) is 11.0 Å². The van der Waals surface area contributed by atoms with E-state index in [2.05, 4.69) is 5.32 Å². The first-order chi connectivity index (χ1) is 13.0. The molecule has 0 atom stereocenters. The lowest BCUT2D eigenvalue weighted by molar-refractivity contribution is -0.137. The van der Waals surface area contributed by atoms with Crippen molar-refractivity contribution in [1.29, 1.82) is 0 Å². The molecule has 2 aromatic carbocycles. The van der Waals surface area contributed by atoms with Crippen LogP contribution in [0.1, 0.15) is 5.56 Å². The minimum Gasteiger partial charge on any atom is -0.314 e. The highest BCUT2D eigenvalue weighted by molar-refractivity contribution is 7.17. The fraction of sp³-hybridized carbons (Fsp3) is 0.0500. The zero-order valence-corrected chi connectivity index (χ0v) is 14.6. The van der Waals surface area contributed by atoms with Gasteiger partial charge in [0.2, 0.25) is 6.41 Å². The number of nitrogens with zero attached hydrogens (tertiary/aromatic N) is 1. The van der Waals surface area contributed by atoms with Crippen LogP contribution in [0.4, 0.5) is 19.0 Å². The number of carbonyl (C=O) groups is 1. The van der Waals surface area contributed by atoms with Crippen molar-refractivity contribution in [3.05, 3.63) is 71.6 Å². The number of amides is 1. The van der Waals surface area contributed by atoms with E-state index in [9.17, 15) is 18.0 Å². The van der Waals surface area contributed by atoms with Gasteiger partial charge in [-0.2, -0.15) is 13.2 Å². The summed E-state index contributed by atoms with van der Waals surface area (Å²) in [5.74, 6) is 0.420. The molecule has 0 unspecified atom stereocenters. The number of nitrogens with one attached hydrogen (secondary N) is 1. The van der Waals surface area contributed by atoms with Gasteiger partial charge in [0.1, 0.15) is 5.82 Å². The number of halogens is 3. The molecule has 3 nitrogen and oxygen atoms in total. The molecule has 0 aliphatic rings. The molecule has 4 rings (SSSR count). The smallest absolute Gasteiger partial charge is 0.314 e. The molecule has 27 heavy (non-hydrogen) atoms. The number of anilines is 1. The molecule has 2 heterocycles. The van der Waals surface area contributed by atoms with Gasteiger partial charge in [-0.05, 0) is 29.8 Å². The van der Waals surface area contributed by atoms with Crippen LogP contribution < -0.4 is 5.32 Å². The molecule has 4 aromatic rings. The summed E-state index contributed by atoms with van der Waals surface area (Å²) in [4.78, 5) is 11.0. The Bertz CT molecular complexity index is 1110. The quantitative estimate of drug-likeness (QED) is 0.432. The zero-order valence-electron chi connectivity index (χ0n) is 13.8. The number of fused-ring (bicyclic) bond motifs is 1. The monoisotopic (exact) mass is 386 g/mol. The molecule has 0 bridgehead atoms. The van der Waals surface area contributed by atoms with Gasteiger partial charge in [-0.3, -0.25) is 9.36 Å². The summed E-state index contributed by atoms with van der Waals surface area (Å²) < 4.78 is 42.1. The molecule has 0 aliphatic carbocycles. The van der Waals surface area contributed by atoms with Gasteiger partial charge < -0.3 is 5.32 Å². The maximum Gasteiger partial charge on any atom is 0.416 e. The second kappa shape index (κ2) is 6.59. The topological polar surface area (TPSA) is 34.0 Å². The van der Waals surface area contributed by atoms with Crippen LogP contribution >= 0.6 is 11.3 Å². The lowest BCUT2D eigenvalue weighted by Gasteiger charge is -2.14. The van der Waals surface area contributed by atoms with Crippen LogP contribution in [0, 0.1) is 0 Å². The standard InChI is InChI=1S/C20H13F3N2OS/c21-20(22,23)14-7-4-8-15(9-14)25-18(24-12-26)10-17-19(25)16(11-27-17)13-5-2-1-3-6-13/h1-12H,(H,24,26). The van der Waals surface area contributed by atoms with Gasteiger partial charge in [0, 0.05) is 16.6 Å². The van der Waals surface area contributed by atoms with Crippen molar-refractivity contribution in [2.75, 3.05) is 5.32 Å². The number of thiophene rings is 1. The minimum atomic E-state index is -4.45. The predicted octanol–water partition coefficient (Wildman–Crippen LogP) is 5.95. The zero-order chi connectivity index (χ0) is 19.0. The molecule has 1 amide bonds. The Balaban J connectivity index is 2.00. The Morgan fingerprint density at radius 3 is 2.48 bits per heavy atom. The fourth-order valence-corrected chi connectivity index (χ4v) is 4.07. The van der Waals surface area contributed by atoms with Gasteiger partial charge in [-0.1, -0.05) is 36.4 Å². The number of hydrogen-bond donors (Lipinski definition) is 1. The molecule has 0 spiro atoms. The maximum atomic E-state index is 13.2. The van der Waals surface area contributed by atoms with E-state index >= 15 is 0 Å². The lowest BCUT2D eigenvalue weighted by Crippen LogP contribution is -2.07. The molecule has 0 fully saturated rings. The summed E-state index contributed by atoms with van der Waals surface area (Å²) in [5.41, 5.74) is 2.20. The van der Waals surface area contributed by atoms with Gasteiger partial charge >= 0.3 is 6.18 Å². The average Bonchev–Trinajstić information content (AvgIpc) is 3.21. The molecule has 0 saturated heterocycles. The average molecular weight is 386 g/mol. The molecule has 1 N–H and O–H groups in total. The number of benzene rings is 2. The predicted molar refractivity (Wildman–Crippen MR) is 101 cm³/mol. The van der Waals surface area contributed by atoms with E-state index in [1.165, 1.54) is 17.4 Å². The third kappa shape index (κ3) is 3.10. The molecule has 136 valence electrons. The number of alkyl halides is 3. The van der Waals surface area contributed by atoms with E-state index in [4.69, 9.17) is 0 Å². The Labute approximate surface area is 156 Å². The summed E-state index contributed by atoms with van der Waals surface area (Å²) in [5, 5.41) is 4.56. The Kier molecular flexibility index (Phi) is 4.24. The lowest BCUT2D eigenvalue weighted by atomic mass is 10.1. The first-order valence-corrected chi connectivity index (χ1v) is 8.93. The molecular formula is C20H13F3N2OS. The summed E-state index contributed by atoms with van der Waals surface area (Å²) in [7, 11) is 0. The second-order valence-corrected chi connectivity index (χ2v) is 6.81. The van der Waals surface area contributed by atoms with Crippen LogP contribution in [0.15, 0.2) is 66.0 Å². The first kappa shape index (κ1) is 17.4. The van der Waals surface area contributed by atoms with Crippen molar-refractivity contribution in [2.24, 2.45) is 0 Å². The van der Waals surface area contributed by atoms with Gasteiger partial charge in [0.15, 0.2) is 0 Å². The van der Waals surface area contributed by atoms with Gasteiger partial charge in [0.05, 0.1) is 15.8 Å². The molecule has 0 saturated carbocycles. The summed E-state index contributed by atoms with van der Waals surface area (Å²) in [6, 6.07) is 16.4. The van der Waals surface area contributed by atoms with Crippen LogP contribution in [0.3, 0.4) is 0 Å². The van der Waals surface area contributed by atoms with Crippen LogP contribution in [-0.4, -0.2) is 11.0 Å². The van der Waals surface area contributed by atoms with E-state index in [1.807, 2.05) is 35.7 Å². The number of rotatable bonds is 4. The summed E-state index contributed by atoms with van der Waals surface area (Å²) >= 11 is 1.48. The van der Waals surface area contributed by atoms with Crippen molar-refractivity contribution in [2.45, 2.75) is 6.18 Å². The Hall–Kier alpha value is -3.06. The van der Waals surface area contributed by atoms with Gasteiger partial charge in [-0.15, -0.1) is 11.3 Å². The molecular weight excluding hydrogens is 373 g/mol. The second-order valence-electron chi connectivity index (χ2n) is 5.90. The van der Waals surface area contributed by atoms with Crippen molar-refractivity contribution < 1.29 is 18.0 Å². The van der Waals surface area contributed by atoms with E-state index in [-0.39, 0.29) is 0 Å². The first-order valence-electron chi connectivity index (χ1n) is 8.05. The number of carbonyl (C=O) groups excluding carboxylic acids is 1.